The van der Waals surface area contributed by atoms with Crippen LogP contribution in [0.3, 0.4) is 0 Å². The minimum absolute atomic E-state index is 0.201. The molecule has 0 bridgehead atoms. The molecule has 0 unspecified atom stereocenters. The number of nitrogens with zero attached hydrogens (tertiary/aromatic N) is 4. The zero-order valence-electron chi connectivity index (χ0n) is 12.4. The number of hydrogen-bond donors (Lipinski definition) is 2. The summed E-state index contributed by atoms with van der Waals surface area (Å²) in [5.41, 5.74) is 12.7. The smallest absolute Gasteiger partial charge is 0.220 e. The van der Waals surface area contributed by atoms with E-state index in [9.17, 15) is 5.26 Å². The summed E-state index contributed by atoms with van der Waals surface area (Å²) in [5.74, 6) is 0.478. The normalized spacial score (nSPS) is 20.0. The van der Waals surface area contributed by atoms with Crippen LogP contribution in [0.25, 0.3) is 0 Å². The second-order valence-corrected chi connectivity index (χ2v) is 7.48. The monoisotopic (exact) mass is 438 g/mol. The van der Waals surface area contributed by atoms with Crippen LogP contribution >= 0.6 is 31.9 Å². The van der Waals surface area contributed by atoms with Gasteiger partial charge in [-0.2, -0.15) is 10.3 Å². The fourth-order valence-corrected chi connectivity index (χ4v) is 4.73. The Morgan fingerprint density at radius 3 is 2.52 bits per heavy atom. The summed E-state index contributed by atoms with van der Waals surface area (Å²) in [4.78, 5) is 10.6. The zero-order chi connectivity index (χ0) is 16.6. The third-order valence-electron chi connectivity index (χ3n) is 4.22. The van der Waals surface area contributed by atoms with E-state index >= 15 is 0 Å². The van der Waals surface area contributed by atoms with Gasteiger partial charge in [-0.05, 0) is 53.7 Å². The number of nitrogens with two attached hydrogens (primary N) is 2. The van der Waals surface area contributed by atoms with Gasteiger partial charge in [0.2, 0.25) is 11.9 Å². The van der Waals surface area contributed by atoms with E-state index in [1.165, 1.54) is 0 Å². The Kier molecular flexibility index (Phi) is 4.34. The van der Waals surface area contributed by atoms with Crippen LogP contribution in [0.1, 0.15) is 37.7 Å². The van der Waals surface area contributed by atoms with Gasteiger partial charge in [-0.15, -0.1) is 0 Å². The molecule has 0 amide bonds. The first-order valence-corrected chi connectivity index (χ1v) is 8.94. The average molecular weight is 440 g/mol. The van der Waals surface area contributed by atoms with Crippen molar-refractivity contribution in [2.24, 2.45) is 21.5 Å². The first-order chi connectivity index (χ1) is 11.0. The molecule has 1 aliphatic carbocycles. The maximum absolute atomic E-state index is 9.56. The van der Waals surface area contributed by atoms with Gasteiger partial charge in [-0.25, -0.2) is 4.99 Å². The molecule has 2 aliphatic rings. The lowest BCUT2D eigenvalue weighted by Gasteiger charge is -2.46. The summed E-state index contributed by atoms with van der Waals surface area (Å²) in [6.07, 6.45) is 4.90. The topological polar surface area (TPSA) is 104 Å². The number of rotatable bonds is 1. The number of guanidine groups is 2. The highest BCUT2D eigenvalue weighted by Crippen LogP contribution is 2.43. The minimum atomic E-state index is -0.559. The fraction of sp³-hybridized carbons (Fsp3) is 0.400. The first-order valence-electron chi connectivity index (χ1n) is 7.36. The number of anilines is 1. The average Bonchev–Trinajstić information content (AvgIpc) is 2.49. The highest BCUT2D eigenvalue weighted by atomic mass is 79.9. The Labute approximate surface area is 151 Å². The molecule has 0 aromatic heterocycles. The van der Waals surface area contributed by atoms with Gasteiger partial charge in [0.25, 0.3) is 0 Å². The molecule has 1 heterocycles. The summed E-state index contributed by atoms with van der Waals surface area (Å²) in [6.45, 7) is 0. The van der Waals surface area contributed by atoms with E-state index in [-0.39, 0.29) is 11.9 Å². The van der Waals surface area contributed by atoms with E-state index in [4.69, 9.17) is 11.5 Å². The molecular formula is C15H16Br2N6. The molecule has 8 heteroatoms. The van der Waals surface area contributed by atoms with Crippen LogP contribution in [0.2, 0.25) is 0 Å². The lowest BCUT2D eigenvalue weighted by molar-refractivity contribution is 0.305. The van der Waals surface area contributed by atoms with Crippen molar-refractivity contribution in [1.82, 2.24) is 0 Å². The van der Waals surface area contributed by atoms with Crippen molar-refractivity contribution in [2.45, 2.75) is 37.8 Å². The van der Waals surface area contributed by atoms with Gasteiger partial charge < -0.3 is 11.5 Å². The van der Waals surface area contributed by atoms with Crippen molar-refractivity contribution < 1.29 is 0 Å². The molecule has 4 N–H and O–H groups in total. The summed E-state index contributed by atoms with van der Waals surface area (Å²) in [6, 6.07) is 5.90. The standard InChI is InChI=1S/C15H16Br2N6/c16-10-6-9(8-18)12(11(17)7-10)23-14(20)21-13(19)22-15(23)4-2-1-3-5-15/h6-7H,1-5H2,(H4,19,20,21,22). The van der Waals surface area contributed by atoms with Crippen LogP contribution in [-0.2, 0) is 0 Å². The maximum atomic E-state index is 9.56. The highest BCUT2D eigenvalue weighted by Gasteiger charge is 2.44. The van der Waals surface area contributed by atoms with Crippen LogP contribution in [-0.4, -0.2) is 17.6 Å². The van der Waals surface area contributed by atoms with Crippen molar-refractivity contribution in [3.63, 3.8) is 0 Å². The minimum Gasteiger partial charge on any atom is -0.369 e. The molecule has 0 atom stereocenters. The molecule has 23 heavy (non-hydrogen) atoms. The molecule has 1 aromatic carbocycles. The van der Waals surface area contributed by atoms with E-state index in [1.54, 1.807) is 6.07 Å². The number of benzene rings is 1. The van der Waals surface area contributed by atoms with Crippen LogP contribution < -0.4 is 16.4 Å². The van der Waals surface area contributed by atoms with Crippen molar-refractivity contribution in [1.29, 1.82) is 5.26 Å². The van der Waals surface area contributed by atoms with Gasteiger partial charge in [0.15, 0.2) is 0 Å². The number of hydrogen-bond acceptors (Lipinski definition) is 6. The Balaban J connectivity index is 2.21. The fourth-order valence-electron chi connectivity index (χ4n) is 3.32. The predicted molar refractivity (Wildman–Crippen MR) is 98.1 cm³/mol. The molecule has 1 spiro atoms. The predicted octanol–water partition coefficient (Wildman–Crippen LogP) is 3.19. The molecule has 1 aliphatic heterocycles. The quantitative estimate of drug-likeness (QED) is 0.700. The molecule has 1 aromatic rings. The molecule has 1 fully saturated rings. The van der Waals surface area contributed by atoms with Crippen molar-refractivity contribution in [3.05, 3.63) is 26.6 Å². The van der Waals surface area contributed by atoms with Crippen LogP contribution in [0, 0.1) is 11.3 Å². The molecule has 6 nitrogen and oxygen atoms in total. The summed E-state index contributed by atoms with van der Waals surface area (Å²) >= 11 is 6.97. The lowest BCUT2D eigenvalue weighted by atomic mass is 9.87. The first kappa shape index (κ1) is 16.3. The second kappa shape index (κ2) is 6.13. The Morgan fingerprint density at radius 1 is 1.17 bits per heavy atom. The van der Waals surface area contributed by atoms with E-state index in [2.05, 4.69) is 47.9 Å². The maximum Gasteiger partial charge on any atom is 0.220 e. The van der Waals surface area contributed by atoms with Gasteiger partial charge in [0.05, 0.1) is 11.3 Å². The van der Waals surface area contributed by atoms with Gasteiger partial charge in [0, 0.05) is 8.95 Å². The Bertz CT molecular complexity index is 743. The van der Waals surface area contributed by atoms with Crippen molar-refractivity contribution >= 4 is 49.5 Å². The number of aliphatic imine (C=N–C) groups is 2. The molecular weight excluding hydrogens is 424 g/mol. The van der Waals surface area contributed by atoms with Gasteiger partial charge in [-0.1, -0.05) is 22.4 Å². The molecule has 0 radical (unpaired) electrons. The summed E-state index contributed by atoms with van der Waals surface area (Å²) in [5, 5.41) is 9.56. The Morgan fingerprint density at radius 2 is 1.87 bits per heavy atom. The third-order valence-corrected chi connectivity index (χ3v) is 5.29. The van der Waals surface area contributed by atoms with Crippen LogP contribution in [0.4, 0.5) is 5.69 Å². The van der Waals surface area contributed by atoms with Gasteiger partial charge in [0.1, 0.15) is 11.7 Å². The Hall–Kier alpha value is -1.59. The van der Waals surface area contributed by atoms with Crippen molar-refractivity contribution in [3.8, 4) is 6.07 Å². The third kappa shape index (κ3) is 2.83. The van der Waals surface area contributed by atoms with E-state index in [0.717, 1.165) is 41.0 Å². The van der Waals surface area contributed by atoms with Gasteiger partial charge >= 0.3 is 0 Å². The highest BCUT2D eigenvalue weighted by molar-refractivity contribution is 9.11. The molecule has 3 rings (SSSR count). The number of nitriles is 1. The van der Waals surface area contributed by atoms with E-state index < -0.39 is 5.66 Å². The van der Waals surface area contributed by atoms with Crippen LogP contribution in [0.5, 0.6) is 0 Å². The second-order valence-electron chi connectivity index (χ2n) is 5.71. The lowest BCUT2D eigenvalue weighted by Crippen LogP contribution is -2.58. The largest absolute Gasteiger partial charge is 0.369 e. The molecule has 1 saturated carbocycles. The summed E-state index contributed by atoms with van der Waals surface area (Å²) < 4.78 is 1.58. The summed E-state index contributed by atoms with van der Waals surface area (Å²) in [7, 11) is 0. The van der Waals surface area contributed by atoms with Gasteiger partial charge in [-0.3, -0.25) is 4.90 Å². The molecule has 0 saturated heterocycles. The number of halogens is 2. The van der Waals surface area contributed by atoms with E-state index in [0.29, 0.717) is 11.3 Å². The zero-order valence-corrected chi connectivity index (χ0v) is 15.6. The van der Waals surface area contributed by atoms with Crippen molar-refractivity contribution in [2.75, 3.05) is 4.90 Å². The molecule has 120 valence electrons. The van der Waals surface area contributed by atoms with E-state index in [1.807, 2.05) is 11.0 Å². The SMILES string of the molecule is N#Cc1cc(Br)cc(Br)c1N1C(N)=NC(N)=NC12CCCCC2. The van der Waals surface area contributed by atoms with Crippen LogP contribution in [0.15, 0.2) is 31.1 Å².